The Morgan fingerprint density at radius 2 is 1.88 bits per heavy atom. The molecule has 5 heteroatoms. The zero-order valence-electron chi connectivity index (χ0n) is 14.1. The molecule has 130 valence electrons. The Balaban J connectivity index is 1.40. The quantitative estimate of drug-likeness (QED) is 0.895. The van der Waals surface area contributed by atoms with Gasteiger partial charge in [0.15, 0.2) is 0 Å². The summed E-state index contributed by atoms with van der Waals surface area (Å²) in [5, 5.41) is 3.01. The van der Waals surface area contributed by atoms with Crippen LogP contribution < -0.4 is 5.32 Å². The fourth-order valence-electron chi connectivity index (χ4n) is 3.44. The molecule has 1 aromatic rings. The van der Waals surface area contributed by atoms with Crippen molar-refractivity contribution in [2.75, 3.05) is 26.2 Å². The topological polar surface area (TPSA) is 58.6 Å². The third-order valence-electron chi connectivity index (χ3n) is 4.94. The van der Waals surface area contributed by atoms with Crippen molar-refractivity contribution in [1.82, 2.24) is 10.2 Å². The van der Waals surface area contributed by atoms with Crippen molar-refractivity contribution in [1.29, 1.82) is 0 Å². The Bertz CT molecular complexity index is 547. The van der Waals surface area contributed by atoms with E-state index in [1.807, 2.05) is 35.2 Å². The summed E-state index contributed by atoms with van der Waals surface area (Å²) in [6.45, 7) is 2.77. The van der Waals surface area contributed by atoms with Gasteiger partial charge < -0.3 is 15.0 Å². The van der Waals surface area contributed by atoms with E-state index in [-0.39, 0.29) is 23.8 Å². The van der Waals surface area contributed by atoms with E-state index < -0.39 is 0 Å². The number of hydrogen-bond donors (Lipinski definition) is 1. The predicted molar refractivity (Wildman–Crippen MR) is 91.4 cm³/mol. The zero-order valence-corrected chi connectivity index (χ0v) is 14.1. The molecule has 5 nitrogen and oxygen atoms in total. The highest BCUT2D eigenvalue weighted by Gasteiger charge is 2.27. The van der Waals surface area contributed by atoms with Crippen LogP contribution in [0.4, 0.5) is 0 Å². The predicted octanol–water partition coefficient (Wildman–Crippen LogP) is 1.76. The molecule has 2 amide bonds. The summed E-state index contributed by atoms with van der Waals surface area (Å²) in [6.07, 6.45) is 4.24. The van der Waals surface area contributed by atoms with Crippen LogP contribution in [0.15, 0.2) is 30.3 Å². The van der Waals surface area contributed by atoms with E-state index in [1.54, 1.807) is 0 Å². The average Bonchev–Trinajstić information content (AvgIpc) is 3.14. The molecule has 0 radical (unpaired) electrons. The van der Waals surface area contributed by atoms with Gasteiger partial charge in [0, 0.05) is 32.2 Å². The molecule has 0 aliphatic carbocycles. The number of hydrogen-bond acceptors (Lipinski definition) is 3. The molecular formula is C19H26N2O3. The molecule has 2 heterocycles. The van der Waals surface area contributed by atoms with E-state index in [9.17, 15) is 9.59 Å². The number of ether oxygens (including phenoxy) is 1. The molecule has 0 aromatic heterocycles. The van der Waals surface area contributed by atoms with Gasteiger partial charge >= 0.3 is 0 Å². The Hall–Kier alpha value is -1.88. The lowest BCUT2D eigenvalue weighted by molar-refractivity contribution is -0.135. The first kappa shape index (κ1) is 17.0. The maximum Gasteiger partial charge on any atom is 0.226 e. The van der Waals surface area contributed by atoms with Gasteiger partial charge in [-0.2, -0.15) is 0 Å². The van der Waals surface area contributed by atoms with Gasteiger partial charge in [0.05, 0.1) is 12.5 Å². The van der Waals surface area contributed by atoms with Gasteiger partial charge in [-0.05, 0) is 31.2 Å². The smallest absolute Gasteiger partial charge is 0.226 e. The molecule has 24 heavy (non-hydrogen) atoms. The fourth-order valence-corrected chi connectivity index (χ4v) is 3.44. The van der Waals surface area contributed by atoms with Crippen LogP contribution in [-0.4, -0.2) is 49.1 Å². The average molecular weight is 330 g/mol. The van der Waals surface area contributed by atoms with Crippen molar-refractivity contribution in [3.63, 3.8) is 0 Å². The van der Waals surface area contributed by atoms with E-state index in [2.05, 4.69) is 5.32 Å². The summed E-state index contributed by atoms with van der Waals surface area (Å²) in [7, 11) is 0. The number of carbonyl (C=O) groups excluding carboxylic acids is 2. The summed E-state index contributed by atoms with van der Waals surface area (Å²) in [4.78, 5) is 26.5. The van der Waals surface area contributed by atoms with Crippen LogP contribution in [0.5, 0.6) is 0 Å². The monoisotopic (exact) mass is 330 g/mol. The number of piperidine rings is 1. The van der Waals surface area contributed by atoms with E-state index in [4.69, 9.17) is 4.74 Å². The third-order valence-corrected chi connectivity index (χ3v) is 4.94. The Labute approximate surface area is 143 Å². The molecule has 0 bridgehead atoms. The number of benzene rings is 1. The van der Waals surface area contributed by atoms with Crippen LogP contribution in [0.2, 0.25) is 0 Å². The molecule has 0 saturated carbocycles. The summed E-state index contributed by atoms with van der Waals surface area (Å²) < 4.78 is 5.53. The minimum Gasteiger partial charge on any atom is -0.376 e. The van der Waals surface area contributed by atoms with Gasteiger partial charge in [-0.15, -0.1) is 0 Å². The molecule has 0 spiro atoms. The van der Waals surface area contributed by atoms with Crippen molar-refractivity contribution in [3.8, 4) is 0 Å². The summed E-state index contributed by atoms with van der Waals surface area (Å²) in [6, 6.07) is 9.81. The molecule has 1 atom stereocenters. The molecular weight excluding hydrogens is 304 g/mol. The lowest BCUT2D eigenvalue weighted by Crippen LogP contribution is -2.44. The van der Waals surface area contributed by atoms with Crippen LogP contribution in [0.25, 0.3) is 0 Å². The minimum atomic E-state index is 0.0205. The second-order valence-electron chi connectivity index (χ2n) is 6.70. The largest absolute Gasteiger partial charge is 0.376 e. The number of nitrogens with zero attached hydrogens (tertiary/aromatic N) is 1. The van der Waals surface area contributed by atoms with E-state index in [0.29, 0.717) is 26.1 Å². The Morgan fingerprint density at radius 3 is 2.54 bits per heavy atom. The maximum absolute atomic E-state index is 12.4. The van der Waals surface area contributed by atoms with Crippen LogP contribution in [-0.2, 0) is 20.7 Å². The number of nitrogens with one attached hydrogen (secondary N) is 1. The van der Waals surface area contributed by atoms with E-state index >= 15 is 0 Å². The molecule has 1 N–H and O–H groups in total. The summed E-state index contributed by atoms with van der Waals surface area (Å²) in [5.41, 5.74) is 1.04. The van der Waals surface area contributed by atoms with Crippen molar-refractivity contribution in [2.24, 2.45) is 5.92 Å². The van der Waals surface area contributed by atoms with Crippen LogP contribution in [0, 0.1) is 5.92 Å². The van der Waals surface area contributed by atoms with Crippen LogP contribution in [0.1, 0.15) is 31.2 Å². The van der Waals surface area contributed by atoms with Gasteiger partial charge in [0.25, 0.3) is 0 Å². The SMILES string of the molecule is O=C(NC[C@H]1CCCO1)C1CCN(C(=O)Cc2ccccc2)CC1. The molecule has 2 aliphatic heterocycles. The zero-order chi connectivity index (χ0) is 16.8. The number of rotatable bonds is 5. The molecule has 2 saturated heterocycles. The summed E-state index contributed by atoms with van der Waals surface area (Å²) in [5.74, 6) is 0.284. The lowest BCUT2D eigenvalue weighted by atomic mass is 9.95. The highest BCUT2D eigenvalue weighted by atomic mass is 16.5. The highest BCUT2D eigenvalue weighted by molar-refractivity contribution is 5.81. The van der Waals surface area contributed by atoms with Crippen LogP contribution in [0.3, 0.4) is 0 Å². The molecule has 2 aliphatic rings. The minimum absolute atomic E-state index is 0.0205. The fraction of sp³-hybridized carbons (Fsp3) is 0.579. The first-order chi connectivity index (χ1) is 11.7. The maximum atomic E-state index is 12.4. The molecule has 3 rings (SSSR count). The van der Waals surface area contributed by atoms with Gasteiger partial charge in [0.1, 0.15) is 0 Å². The first-order valence-corrected chi connectivity index (χ1v) is 8.93. The number of amides is 2. The van der Waals surface area contributed by atoms with E-state index in [0.717, 1.165) is 37.9 Å². The van der Waals surface area contributed by atoms with Gasteiger partial charge in [-0.3, -0.25) is 9.59 Å². The van der Waals surface area contributed by atoms with Crippen molar-refractivity contribution < 1.29 is 14.3 Å². The lowest BCUT2D eigenvalue weighted by Gasteiger charge is -2.31. The van der Waals surface area contributed by atoms with Crippen molar-refractivity contribution in [3.05, 3.63) is 35.9 Å². The standard InChI is InChI=1S/C19H26N2O3/c22-18(13-15-5-2-1-3-6-15)21-10-8-16(9-11-21)19(23)20-14-17-7-4-12-24-17/h1-3,5-6,16-17H,4,7-14H2,(H,20,23)/t17-/m1/s1. The normalized spacial score (nSPS) is 21.7. The second-order valence-corrected chi connectivity index (χ2v) is 6.70. The van der Waals surface area contributed by atoms with Gasteiger partial charge in [-0.25, -0.2) is 0 Å². The molecule has 0 unspecified atom stereocenters. The van der Waals surface area contributed by atoms with Crippen LogP contribution >= 0.6 is 0 Å². The molecule has 2 fully saturated rings. The van der Waals surface area contributed by atoms with E-state index in [1.165, 1.54) is 0 Å². The van der Waals surface area contributed by atoms with Crippen molar-refractivity contribution in [2.45, 2.75) is 38.2 Å². The second kappa shape index (κ2) is 8.29. The third kappa shape index (κ3) is 4.57. The van der Waals surface area contributed by atoms with Crippen molar-refractivity contribution >= 4 is 11.8 Å². The Morgan fingerprint density at radius 1 is 1.12 bits per heavy atom. The van der Waals surface area contributed by atoms with Gasteiger partial charge in [0.2, 0.25) is 11.8 Å². The molecule has 1 aromatic carbocycles. The van der Waals surface area contributed by atoms with Gasteiger partial charge in [-0.1, -0.05) is 30.3 Å². The first-order valence-electron chi connectivity index (χ1n) is 8.93. The number of carbonyl (C=O) groups is 2. The Kier molecular flexibility index (Phi) is 5.86. The summed E-state index contributed by atoms with van der Waals surface area (Å²) >= 11 is 0. The highest BCUT2D eigenvalue weighted by Crippen LogP contribution is 2.19. The number of likely N-dealkylation sites (tertiary alicyclic amines) is 1.